The van der Waals surface area contributed by atoms with Gasteiger partial charge in [-0.1, -0.05) is 12.2 Å². The zero-order valence-corrected chi connectivity index (χ0v) is 14.9. The smallest absolute Gasteiger partial charge is 0.289 e. The van der Waals surface area contributed by atoms with Crippen LogP contribution in [0.15, 0.2) is 35.0 Å². The molecule has 1 aromatic rings. The second-order valence-electron chi connectivity index (χ2n) is 7.07. The second-order valence-corrected chi connectivity index (χ2v) is 7.07. The van der Waals surface area contributed by atoms with Gasteiger partial charge in [0.1, 0.15) is 6.54 Å². The minimum atomic E-state index is -0.321. The van der Waals surface area contributed by atoms with E-state index in [1.165, 1.54) is 6.26 Å². The van der Waals surface area contributed by atoms with Gasteiger partial charge in [-0.3, -0.25) is 24.1 Å². The van der Waals surface area contributed by atoms with Gasteiger partial charge in [-0.05, 0) is 25.0 Å². The van der Waals surface area contributed by atoms with Gasteiger partial charge in [0.25, 0.3) is 5.91 Å². The molecule has 0 spiro atoms. The first-order valence-corrected chi connectivity index (χ1v) is 9.17. The molecule has 27 heavy (non-hydrogen) atoms. The van der Waals surface area contributed by atoms with Crippen molar-refractivity contribution in [3.63, 3.8) is 0 Å². The summed E-state index contributed by atoms with van der Waals surface area (Å²) < 4.78 is 5.12. The molecular formula is C19H21N3O5. The van der Waals surface area contributed by atoms with Crippen LogP contribution in [0.3, 0.4) is 0 Å². The van der Waals surface area contributed by atoms with Crippen LogP contribution in [0.1, 0.15) is 23.4 Å². The zero-order valence-electron chi connectivity index (χ0n) is 14.9. The molecule has 0 unspecified atom stereocenters. The molecule has 0 radical (unpaired) electrons. The Labute approximate surface area is 156 Å². The van der Waals surface area contributed by atoms with Crippen molar-refractivity contribution in [1.82, 2.24) is 14.7 Å². The average molecular weight is 371 g/mol. The third kappa shape index (κ3) is 3.15. The van der Waals surface area contributed by atoms with Crippen LogP contribution >= 0.6 is 0 Å². The highest BCUT2D eigenvalue weighted by atomic mass is 16.3. The standard InChI is InChI=1S/C19H21N3O5/c23-16(12-22-17(24)13-4-1-2-5-14(13)18(22)25)20-7-9-21(10-8-20)19(26)15-6-3-11-27-15/h1-3,6,11,13-14H,4-5,7-10,12H2/t13-,14-/m0/s1. The number of fused-ring (bicyclic) bond motifs is 1. The number of hydrogen-bond acceptors (Lipinski definition) is 5. The van der Waals surface area contributed by atoms with E-state index in [-0.39, 0.29) is 47.8 Å². The molecule has 2 saturated heterocycles. The van der Waals surface area contributed by atoms with Crippen LogP contribution in [-0.2, 0) is 14.4 Å². The highest BCUT2D eigenvalue weighted by Crippen LogP contribution is 2.34. The molecule has 0 bridgehead atoms. The van der Waals surface area contributed by atoms with Gasteiger partial charge >= 0.3 is 0 Å². The largest absolute Gasteiger partial charge is 0.459 e. The Balaban J connectivity index is 1.33. The lowest BCUT2D eigenvalue weighted by Gasteiger charge is -2.35. The first-order chi connectivity index (χ1) is 13.1. The Morgan fingerprint density at radius 1 is 0.963 bits per heavy atom. The van der Waals surface area contributed by atoms with E-state index in [1.54, 1.807) is 21.9 Å². The van der Waals surface area contributed by atoms with E-state index >= 15 is 0 Å². The fourth-order valence-electron chi connectivity index (χ4n) is 3.98. The minimum Gasteiger partial charge on any atom is -0.459 e. The van der Waals surface area contributed by atoms with Gasteiger partial charge in [-0.2, -0.15) is 0 Å². The van der Waals surface area contributed by atoms with E-state index in [0.29, 0.717) is 39.0 Å². The van der Waals surface area contributed by atoms with Gasteiger partial charge < -0.3 is 14.2 Å². The molecular weight excluding hydrogens is 350 g/mol. The average Bonchev–Trinajstić information content (AvgIpc) is 3.32. The van der Waals surface area contributed by atoms with Crippen molar-refractivity contribution in [2.45, 2.75) is 12.8 Å². The molecule has 3 heterocycles. The SMILES string of the molecule is O=C(CN1C(=O)[C@H]2CC=CC[C@@H]2C1=O)N1CCN(C(=O)c2ccco2)CC1. The maximum Gasteiger partial charge on any atom is 0.289 e. The molecule has 4 amide bonds. The van der Waals surface area contributed by atoms with Crippen LogP contribution in [-0.4, -0.2) is 71.1 Å². The lowest BCUT2D eigenvalue weighted by molar-refractivity contribution is -0.147. The van der Waals surface area contributed by atoms with Gasteiger partial charge in [0.15, 0.2) is 5.76 Å². The minimum absolute atomic E-state index is 0.200. The number of likely N-dealkylation sites (tertiary alicyclic amines) is 1. The van der Waals surface area contributed by atoms with E-state index < -0.39 is 0 Å². The van der Waals surface area contributed by atoms with Gasteiger partial charge in [0.05, 0.1) is 18.1 Å². The van der Waals surface area contributed by atoms with Gasteiger partial charge in [0.2, 0.25) is 17.7 Å². The summed E-state index contributed by atoms with van der Waals surface area (Å²) in [6, 6.07) is 3.27. The highest BCUT2D eigenvalue weighted by Gasteiger charge is 2.48. The highest BCUT2D eigenvalue weighted by molar-refractivity contribution is 6.07. The molecule has 3 aliphatic rings. The van der Waals surface area contributed by atoms with Crippen LogP contribution in [0, 0.1) is 11.8 Å². The normalized spacial score (nSPS) is 25.1. The number of allylic oxidation sites excluding steroid dienone is 2. The molecule has 1 aliphatic carbocycles. The van der Waals surface area contributed by atoms with Crippen molar-refractivity contribution in [2.24, 2.45) is 11.8 Å². The summed E-state index contributed by atoms with van der Waals surface area (Å²) in [5, 5.41) is 0. The molecule has 2 atom stereocenters. The number of rotatable bonds is 3. The fraction of sp³-hybridized carbons (Fsp3) is 0.474. The van der Waals surface area contributed by atoms with E-state index in [2.05, 4.69) is 0 Å². The number of piperazine rings is 1. The molecule has 1 aromatic heterocycles. The summed E-state index contributed by atoms with van der Waals surface area (Å²) in [5.41, 5.74) is 0. The lowest BCUT2D eigenvalue weighted by atomic mass is 9.85. The van der Waals surface area contributed by atoms with Crippen LogP contribution in [0.5, 0.6) is 0 Å². The number of carbonyl (C=O) groups excluding carboxylic acids is 4. The van der Waals surface area contributed by atoms with Gasteiger partial charge in [-0.15, -0.1) is 0 Å². The van der Waals surface area contributed by atoms with Crippen LogP contribution in [0.2, 0.25) is 0 Å². The third-order valence-corrected chi connectivity index (χ3v) is 5.54. The third-order valence-electron chi connectivity index (χ3n) is 5.54. The quantitative estimate of drug-likeness (QED) is 0.571. The molecule has 0 N–H and O–H groups in total. The number of imide groups is 1. The van der Waals surface area contributed by atoms with Gasteiger partial charge in [0, 0.05) is 26.2 Å². The Bertz CT molecular complexity index is 766. The lowest BCUT2D eigenvalue weighted by Crippen LogP contribution is -2.53. The summed E-state index contributed by atoms with van der Waals surface area (Å²) in [7, 11) is 0. The number of furan rings is 1. The summed E-state index contributed by atoms with van der Waals surface area (Å²) in [6.07, 6.45) is 6.42. The summed E-state index contributed by atoms with van der Waals surface area (Å²) in [6.45, 7) is 1.31. The number of carbonyl (C=O) groups is 4. The molecule has 0 saturated carbocycles. The first-order valence-electron chi connectivity index (χ1n) is 9.17. The van der Waals surface area contributed by atoms with Gasteiger partial charge in [-0.25, -0.2) is 0 Å². The maximum absolute atomic E-state index is 12.6. The Kier molecular flexibility index (Phi) is 4.55. The Morgan fingerprint density at radius 2 is 1.56 bits per heavy atom. The molecule has 142 valence electrons. The van der Waals surface area contributed by atoms with Crippen LogP contribution in [0.4, 0.5) is 0 Å². The van der Waals surface area contributed by atoms with Crippen molar-refractivity contribution < 1.29 is 23.6 Å². The van der Waals surface area contributed by atoms with Crippen LogP contribution < -0.4 is 0 Å². The van der Waals surface area contributed by atoms with Crippen molar-refractivity contribution >= 4 is 23.6 Å². The predicted molar refractivity (Wildman–Crippen MR) is 93.3 cm³/mol. The predicted octanol–water partition coefficient (Wildman–Crippen LogP) is 0.515. The first kappa shape index (κ1) is 17.5. The summed E-state index contributed by atoms with van der Waals surface area (Å²) in [5.74, 6) is -1.30. The van der Waals surface area contributed by atoms with E-state index in [4.69, 9.17) is 4.42 Å². The summed E-state index contributed by atoms with van der Waals surface area (Å²) >= 11 is 0. The van der Waals surface area contributed by atoms with Crippen LogP contribution in [0.25, 0.3) is 0 Å². The van der Waals surface area contributed by atoms with Crippen molar-refractivity contribution in [1.29, 1.82) is 0 Å². The molecule has 8 nitrogen and oxygen atoms in total. The Hall–Kier alpha value is -2.90. The van der Waals surface area contributed by atoms with Crippen molar-refractivity contribution in [3.8, 4) is 0 Å². The molecule has 2 aliphatic heterocycles. The van der Waals surface area contributed by atoms with E-state index in [0.717, 1.165) is 4.90 Å². The second kappa shape index (κ2) is 7.02. The molecule has 8 heteroatoms. The number of nitrogens with zero attached hydrogens (tertiary/aromatic N) is 3. The summed E-state index contributed by atoms with van der Waals surface area (Å²) in [4.78, 5) is 54.2. The van der Waals surface area contributed by atoms with E-state index in [1.807, 2.05) is 12.2 Å². The monoisotopic (exact) mass is 371 g/mol. The topological polar surface area (TPSA) is 91.1 Å². The Morgan fingerprint density at radius 3 is 2.11 bits per heavy atom. The molecule has 2 fully saturated rings. The fourth-order valence-corrected chi connectivity index (χ4v) is 3.98. The van der Waals surface area contributed by atoms with E-state index in [9.17, 15) is 19.2 Å². The molecule has 0 aromatic carbocycles. The van der Waals surface area contributed by atoms with Crippen molar-refractivity contribution in [2.75, 3.05) is 32.7 Å². The maximum atomic E-state index is 12.6. The van der Waals surface area contributed by atoms with Crippen molar-refractivity contribution in [3.05, 3.63) is 36.3 Å². The molecule has 4 rings (SSSR count). The number of amides is 4. The zero-order chi connectivity index (χ0) is 19.0. The number of hydrogen-bond donors (Lipinski definition) is 0.